The summed E-state index contributed by atoms with van der Waals surface area (Å²) in [6, 6.07) is 6.33. The van der Waals surface area contributed by atoms with Crippen LogP contribution in [0.15, 0.2) is 24.5 Å². The van der Waals surface area contributed by atoms with Crippen LogP contribution in [0, 0.1) is 11.3 Å². The van der Waals surface area contributed by atoms with E-state index in [4.69, 9.17) is 5.26 Å². The molecule has 2 rings (SSSR count). The smallest absolute Gasteiger partial charge is 0.0695 e. The van der Waals surface area contributed by atoms with Crippen LogP contribution in [0.2, 0.25) is 0 Å². The van der Waals surface area contributed by atoms with Gasteiger partial charge in [-0.25, -0.2) is 0 Å². The van der Waals surface area contributed by atoms with Crippen LogP contribution in [-0.4, -0.2) is 33.7 Å². The predicted molar refractivity (Wildman–Crippen MR) is 68.5 cm³/mol. The third-order valence-corrected chi connectivity index (χ3v) is 3.53. The van der Waals surface area contributed by atoms with Gasteiger partial charge in [-0.3, -0.25) is 9.88 Å². The summed E-state index contributed by atoms with van der Waals surface area (Å²) in [6.07, 6.45) is 6.83. The number of aliphatic hydroxyl groups excluding tert-OH is 1. The standard InChI is InChI=1S/C14H19N3O/c15-7-3-9-17(13-5-1-6-14(13)18)11-12-4-2-8-16-10-12/h2,4,8,10,13-14,18H,1,3,5-6,9,11H2/t13-,14-/m1/s1. The first kappa shape index (κ1) is 13.0. The zero-order valence-electron chi connectivity index (χ0n) is 10.5. The predicted octanol–water partition coefficient (Wildman–Crippen LogP) is 1.71. The molecule has 4 nitrogen and oxygen atoms in total. The molecule has 1 aromatic rings. The van der Waals surface area contributed by atoms with E-state index in [0.717, 1.165) is 31.4 Å². The van der Waals surface area contributed by atoms with Crippen molar-refractivity contribution < 1.29 is 5.11 Å². The molecule has 0 amide bonds. The first-order valence-corrected chi connectivity index (χ1v) is 6.49. The molecule has 1 aliphatic rings. The molecular formula is C14H19N3O. The van der Waals surface area contributed by atoms with Gasteiger partial charge in [0.05, 0.1) is 12.2 Å². The molecule has 4 heteroatoms. The van der Waals surface area contributed by atoms with Crippen molar-refractivity contribution in [3.8, 4) is 6.07 Å². The lowest BCUT2D eigenvalue weighted by atomic mass is 10.1. The van der Waals surface area contributed by atoms with E-state index in [1.54, 1.807) is 6.20 Å². The molecule has 2 atom stereocenters. The van der Waals surface area contributed by atoms with Crippen molar-refractivity contribution in [2.75, 3.05) is 6.54 Å². The average Bonchev–Trinajstić information content (AvgIpc) is 2.82. The number of nitriles is 1. The molecule has 1 N–H and O–H groups in total. The Morgan fingerprint density at radius 2 is 2.39 bits per heavy atom. The Labute approximate surface area is 108 Å². The number of rotatable bonds is 5. The van der Waals surface area contributed by atoms with E-state index in [-0.39, 0.29) is 12.1 Å². The maximum atomic E-state index is 10.00. The zero-order chi connectivity index (χ0) is 12.8. The first-order chi connectivity index (χ1) is 8.81. The van der Waals surface area contributed by atoms with Crippen LogP contribution in [0.25, 0.3) is 0 Å². The van der Waals surface area contributed by atoms with E-state index in [0.29, 0.717) is 13.0 Å². The van der Waals surface area contributed by atoms with Gasteiger partial charge in [-0.05, 0) is 30.9 Å². The quantitative estimate of drug-likeness (QED) is 0.858. The highest BCUT2D eigenvalue weighted by atomic mass is 16.3. The van der Waals surface area contributed by atoms with Gasteiger partial charge in [-0.15, -0.1) is 0 Å². The topological polar surface area (TPSA) is 60.2 Å². The summed E-state index contributed by atoms with van der Waals surface area (Å²) >= 11 is 0. The lowest BCUT2D eigenvalue weighted by Gasteiger charge is -2.30. The van der Waals surface area contributed by atoms with Gasteiger partial charge in [0, 0.05) is 37.9 Å². The number of aliphatic hydroxyl groups is 1. The van der Waals surface area contributed by atoms with Gasteiger partial charge in [0.15, 0.2) is 0 Å². The van der Waals surface area contributed by atoms with E-state index in [1.165, 1.54) is 0 Å². The molecule has 0 radical (unpaired) electrons. The molecule has 0 aromatic carbocycles. The van der Waals surface area contributed by atoms with E-state index in [9.17, 15) is 5.11 Å². The third-order valence-electron chi connectivity index (χ3n) is 3.53. The normalized spacial score (nSPS) is 23.2. The Balaban J connectivity index is 2.03. The van der Waals surface area contributed by atoms with Crippen LogP contribution in [0.3, 0.4) is 0 Å². The van der Waals surface area contributed by atoms with Crippen molar-refractivity contribution >= 4 is 0 Å². The summed E-state index contributed by atoms with van der Waals surface area (Å²) in [6.45, 7) is 1.48. The van der Waals surface area contributed by atoms with Gasteiger partial charge < -0.3 is 5.11 Å². The van der Waals surface area contributed by atoms with Crippen LogP contribution >= 0.6 is 0 Å². The molecule has 0 bridgehead atoms. The maximum Gasteiger partial charge on any atom is 0.0695 e. The fourth-order valence-electron chi connectivity index (χ4n) is 2.63. The van der Waals surface area contributed by atoms with Gasteiger partial charge in [-0.1, -0.05) is 6.07 Å². The second-order valence-electron chi connectivity index (χ2n) is 4.81. The summed E-state index contributed by atoms with van der Waals surface area (Å²) in [5.74, 6) is 0. The van der Waals surface area contributed by atoms with Gasteiger partial charge in [0.2, 0.25) is 0 Å². The Bertz CT molecular complexity index is 401. The molecule has 0 unspecified atom stereocenters. The van der Waals surface area contributed by atoms with Crippen molar-refractivity contribution in [1.82, 2.24) is 9.88 Å². The molecule has 1 aromatic heterocycles. The monoisotopic (exact) mass is 245 g/mol. The summed E-state index contributed by atoms with van der Waals surface area (Å²) in [4.78, 5) is 6.33. The number of pyridine rings is 1. The second kappa shape index (κ2) is 6.48. The summed E-state index contributed by atoms with van der Waals surface area (Å²) in [5.41, 5.74) is 1.13. The first-order valence-electron chi connectivity index (χ1n) is 6.49. The van der Waals surface area contributed by atoms with E-state index >= 15 is 0 Å². The Kier molecular flexibility index (Phi) is 4.68. The largest absolute Gasteiger partial charge is 0.391 e. The van der Waals surface area contributed by atoms with Crippen LogP contribution in [0.4, 0.5) is 0 Å². The van der Waals surface area contributed by atoms with Crippen LogP contribution < -0.4 is 0 Å². The van der Waals surface area contributed by atoms with E-state index in [2.05, 4.69) is 16.0 Å². The second-order valence-corrected chi connectivity index (χ2v) is 4.81. The highest BCUT2D eigenvalue weighted by Crippen LogP contribution is 2.25. The molecule has 1 heterocycles. The maximum absolute atomic E-state index is 10.00. The van der Waals surface area contributed by atoms with Crippen molar-refractivity contribution in [1.29, 1.82) is 5.26 Å². The fourth-order valence-corrected chi connectivity index (χ4v) is 2.63. The number of aromatic nitrogens is 1. The number of hydrogen-bond donors (Lipinski definition) is 1. The van der Waals surface area contributed by atoms with Crippen molar-refractivity contribution in [2.45, 2.75) is 44.4 Å². The number of nitrogens with zero attached hydrogens (tertiary/aromatic N) is 3. The van der Waals surface area contributed by atoms with Crippen LogP contribution in [0.1, 0.15) is 31.2 Å². The van der Waals surface area contributed by atoms with Gasteiger partial charge in [0.1, 0.15) is 0 Å². The SMILES string of the molecule is N#CCCN(Cc1cccnc1)[C@@H]1CCC[C@H]1O. The van der Waals surface area contributed by atoms with Crippen LogP contribution in [0.5, 0.6) is 0 Å². The average molecular weight is 245 g/mol. The minimum absolute atomic E-state index is 0.193. The van der Waals surface area contributed by atoms with E-state index < -0.39 is 0 Å². The molecule has 0 aliphatic heterocycles. The molecule has 0 saturated heterocycles. The fraction of sp³-hybridized carbons (Fsp3) is 0.571. The molecule has 18 heavy (non-hydrogen) atoms. The molecular weight excluding hydrogens is 226 g/mol. The number of hydrogen-bond acceptors (Lipinski definition) is 4. The highest BCUT2D eigenvalue weighted by molar-refractivity contribution is 5.09. The molecule has 1 aliphatic carbocycles. The minimum atomic E-state index is -0.250. The molecule has 1 saturated carbocycles. The summed E-state index contributed by atoms with van der Waals surface area (Å²) in [7, 11) is 0. The zero-order valence-corrected chi connectivity index (χ0v) is 10.5. The van der Waals surface area contributed by atoms with Crippen LogP contribution in [-0.2, 0) is 6.54 Å². The summed E-state index contributed by atoms with van der Waals surface area (Å²) < 4.78 is 0. The molecule has 1 fully saturated rings. The van der Waals surface area contributed by atoms with Crippen molar-refractivity contribution in [3.05, 3.63) is 30.1 Å². The van der Waals surface area contributed by atoms with Gasteiger partial charge in [-0.2, -0.15) is 5.26 Å². The molecule has 0 spiro atoms. The third kappa shape index (κ3) is 3.28. The lowest BCUT2D eigenvalue weighted by molar-refractivity contribution is 0.0671. The van der Waals surface area contributed by atoms with Crippen molar-refractivity contribution in [2.24, 2.45) is 0 Å². The summed E-state index contributed by atoms with van der Waals surface area (Å²) in [5, 5.41) is 18.7. The van der Waals surface area contributed by atoms with Gasteiger partial charge >= 0.3 is 0 Å². The minimum Gasteiger partial charge on any atom is -0.391 e. The van der Waals surface area contributed by atoms with Crippen molar-refractivity contribution in [3.63, 3.8) is 0 Å². The molecule has 96 valence electrons. The lowest BCUT2D eigenvalue weighted by Crippen LogP contribution is -2.40. The van der Waals surface area contributed by atoms with E-state index in [1.807, 2.05) is 18.3 Å². The van der Waals surface area contributed by atoms with Gasteiger partial charge in [0.25, 0.3) is 0 Å². The highest BCUT2D eigenvalue weighted by Gasteiger charge is 2.30. The Morgan fingerprint density at radius 1 is 1.50 bits per heavy atom. The Hall–Kier alpha value is -1.44. The Morgan fingerprint density at radius 3 is 3.00 bits per heavy atom.